The highest BCUT2D eigenvalue weighted by Crippen LogP contribution is 2.08. The van der Waals surface area contributed by atoms with Gasteiger partial charge in [0.25, 0.3) is 0 Å². The molecule has 2 nitrogen and oxygen atoms in total. The molecule has 0 aliphatic carbocycles. The molecule has 0 saturated carbocycles. The van der Waals surface area contributed by atoms with Gasteiger partial charge in [0.1, 0.15) is 5.69 Å². The van der Waals surface area contributed by atoms with Crippen molar-refractivity contribution in [2.24, 2.45) is 0 Å². The number of hydrogen-bond acceptors (Lipinski definition) is 2. The van der Waals surface area contributed by atoms with E-state index in [2.05, 4.69) is 51.3 Å². The van der Waals surface area contributed by atoms with Crippen LogP contribution >= 0.6 is 30.1 Å². The predicted molar refractivity (Wildman–Crippen MR) is 61.1 cm³/mol. The smallest absolute Gasteiger partial charge is 0.136 e. The molecule has 0 N–H and O–H groups in total. The maximum absolute atomic E-state index is 4.27. The fourth-order valence-electron chi connectivity index (χ4n) is 0.764. The first-order chi connectivity index (χ1) is 5.74. The van der Waals surface area contributed by atoms with Crippen LogP contribution in [-0.4, -0.2) is 9.78 Å². The minimum atomic E-state index is 0.410. The van der Waals surface area contributed by atoms with E-state index in [-0.39, 0.29) is 0 Å². The van der Waals surface area contributed by atoms with Gasteiger partial charge >= 0.3 is 0 Å². The minimum absolute atomic E-state index is 0.410. The van der Waals surface area contributed by atoms with Crippen molar-refractivity contribution in [3.05, 3.63) is 18.0 Å². The second-order valence-electron chi connectivity index (χ2n) is 2.58. The maximum Gasteiger partial charge on any atom is 0.136 e. The van der Waals surface area contributed by atoms with E-state index in [0.717, 1.165) is 5.69 Å². The van der Waals surface area contributed by atoms with Crippen LogP contribution in [0.1, 0.15) is 25.6 Å². The first kappa shape index (κ1) is 9.93. The zero-order valence-electron chi connectivity index (χ0n) is 6.91. The lowest BCUT2D eigenvalue weighted by Gasteiger charge is -2.02. The zero-order valence-corrected chi connectivity index (χ0v) is 9.89. The van der Waals surface area contributed by atoms with Crippen molar-refractivity contribution in [2.75, 3.05) is 0 Å². The number of rotatable bonds is 1. The Balaban J connectivity index is 2.77. The molecule has 4 heteroatoms. The Kier molecular flexibility index (Phi) is 3.95. The van der Waals surface area contributed by atoms with Crippen molar-refractivity contribution >= 4 is 30.1 Å². The highest BCUT2D eigenvalue weighted by Gasteiger charge is 1.98. The van der Waals surface area contributed by atoms with Crippen molar-refractivity contribution < 1.29 is 0 Å². The van der Waals surface area contributed by atoms with Gasteiger partial charge in [-0.1, -0.05) is 0 Å². The summed E-state index contributed by atoms with van der Waals surface area (Å²) < 4.78 is 1.90. The van der Waals surface area contributed by atoms with Crippen LogP contribution in [0, 0.1) is 11.2 Å². The summed E-state index contributed by atoms with van der Waals surface area (Å²) in [4.78, 5) is 0. The summed E-state index contributed by atoms with van der Waals surface area (Å²) in [5, 5.41) is 7.17. The molecule has 1 rings (SSSR count). The number of hydrogen-bond donors (Lipinski definition) is 0. The zero-order chi connectivity index (χ0) is 8.97. The summed E-state index contributed by atoms with van der Waals surface area (Å²) in [6, 6.07) is 2.34. The monoisotopic (exact) mass is 292 g/mol. The third kappa shape index (κ3) is 2.72. The summed E-state index contributed by atoms with van der Waals surface area (Å²) in [5.74, 6) is 2.94. The Bertz CT molecular complexity index is 308. The van der Waals surface area contributed by atoms with Crippen LogP contribution in [-0.2, 0) is 0 Å². The number of halogens is 1. The van der Waals surface area contributed by atoms with Gasteiger partial charge in [0, 0.05) is 33.4 Å². The van der Waals surface area contributed by atoms with E-state index in [9.17, 15) is 0 Å². The lowest BCUT2D eigenvalue weighted by molar-refractivity contribution is 0.531. The lowest BCUT2D eigenvalue weighted by Crippen LogP contribution is -2.00. The van der Waals surface area contributed by atoms with Gasteiger partial charge in [0.2, 0.25) is 0 Å². The lowest BCUT2D eigenvalue weighted by atomic mass is 10.4. The van der Waals surface area contributed by atoms with Gasteiger partial charge in [-0.2, -0.15) is 5.10 Å². The molecule has 0 bridgehead atoms. The van der Waals surface area contributed by atoms with Gasteiger partial charge in [-0.05, 0) is 40.0 Å². The largest absolute Gasteiger partial charge is 0.269 e. The van der Waals surface area contributed by atoms with E-state index in [1.807, 2.05) is 16.9 Å². The van der Waals surface area contributed by atoms with Gasteiger partial charge < -0.3 is 0 Å². The second kappa shape index (κ2) is 4.77. The first-order valence-electron chi connectivity index (χ1n) is 3.58. The SMILES string of the molecule is CC(C)n1ccc(C#CSI)n1. The summed E-state index contributed by atoms with van der Waals surface area (Å²) in [5.41, 5.74) is 0.841. The minimum Gasteiger partial charge on any atom is -0.269 e. The molecule has 0 saturated heterocycles. The molecule has 0 amide bonds. The molecule has 0 unspecified atom stereocenters. The Morgan fingerprint density at radius 3 is 2.92 bits per heavy atom. The average molecular weight is 292 g/mol. The molecule has 0 spiro atoms. The van der Waals surface area contributed by atoms with Crippen LogP contribution in [0.25, 0.3) is 0 Å². The molecular formula is C8H9IN2S. The molecule has 1 aromatic rings. The molecule has 0 aliphatic heterocycles. The van der Waals surface area contributed by atoms with Gasteiger partial charge in [-0.25, -0.2) is 0 Å². The molecule has 1 aromatic heterocycles. The summed E-state index contributed by atoms with van der Waals surface area (Å²) in [6.07, 6.45) is 1.95. The van der Waals surface area contributed by atoms with E-state index in [1.54, 1.807) is 0 Å². The van der Waals surface area contributed by atoms with Gasteiger partial charge in [0.15, 0.2) is 0 Å². The number of nitrogens with zero attached hydrogens (tertiary/aromatic N) is 2. The van der Waals surface area contributed by atoms with Gasteiger partial charge in [0.05, 0.1) is 0 Å². The predicted octanol–water partition coefficient (Wildman–Crippen LogP) is 2.86. The van der Waals surface area contributed by atoms with Gasteiger partial charge in [-0.15, -0.1) is 0 Å². The van der Waals surface area contributed by atoms with Crippen LogP contribution in [0.3, 0.4) is 0 Å². The maximum atomic E-state index is 4.27. The standard InChI is InChI=1S/C8H9IN2S/c1-7(2)11-5-3-8(10-11)4-6-12-9/h3,5,7H,1-2H3. The van der Waals surface area contributed by atoms with Crippen molar-refractivity contribution in [2.45, 2.75) is 19.9 Å². The third-order valence-electron chi connectivity index (χ3n) is 1.36. The summed E-state index contributed by atoms with van der Waals surface area (Å²) in [6.45, 7) is 4.19. The highest BCUT2D eigenvalue weighted by atomic mass is 127. The molecular weight excluding hydrogens is 283 g/mol. The van der Waals surface area contributed by atoms with E-state index in [4.69, 9.17) is 0 Å². The molecule has 0 radical (unpaired) electrons. The third-order valence-corrected chi connectivity index (χ3v) is 2.19. The molecule has 0 aliphatic rings. The Hall–Kier alpha value is -0.150. The summed E-state index contributed by atoms with van der Waals surface area (Å²) in [7, 11) is 1.47. The quantitative estimate of drug-likeness (QED) is 0.585. The van der Waals surface area contributed by atoms with E-state index in [1.165, 1.54) is 8.93 Å². The fraction of sp³-hybridized carbons (Fsp3) is 0.375. The van der Waals surface area contributed by atoms with E-state index in [0.29, 0.717) is 6.04 Å². The molecule has 12 heavy (non-hydrogen) atoms. The van der Waals surface area contributed by atoms with E-state index < -0.39 is 0 Å². The molecule has 0 aromatic carbocycles. The Labute approximate surface area is 88.7 Å². The average Bonchev–Trinajstić information content (AvgIpc) is 2.48. The van der Waals surface area contributed by atoms with Crippen molar-refractivity contribution in [3.8, 4) is 11.2 Å². The van der Waals surface area contributed by atoms with Crippen LogP contribution in [0.4, 0.5) is 0 Å². The molecule has 64 valence electrons. The second-order valence-corrected chi connectivity index (χ2v) is 4.26. The normalized spacial score (nSPS) is 9.67. The topological polar surface area (TPSA) is 17.8 Å². The first-order valence-corrected chi connectivity index (χ1v) is 6.93. The number of aromatic nitrogens is 2. The fourth-order valence-corrected chi connectivity index (χ4v) is 1.24. The molecule has 0 atom stereocenters. The van der Waals surface area contributed by atoms with Gasteiger partial charge in [-0.3, -0.25) is 4.68 Å². The van der Waals surface area contributed by atoms with E-state index >= 15 is 0 Å². The molecule has 1 heterocycles. The Morgan fingerprint density at radius 2 is 2.42 bits per heavy atom. The van der Waals surface area contributed by atoms with Crippen LogP contribution in [0.2, 0.25) is 0 Å². The Morgan fingerprint density at radius 1 is 1.67 bits per heavy atom. The van der Waals surface area contributed by atoms with Crippen LogP contribution < -0.4 is 0 Å². The van der Waals surface area contributed by atoms with Crippen molar-refractivity contribution in [3.63, 3.8) is 0 Å². The van der Waals surface area contributed by atoms with Crippen LogP contribution in [0.15, 0.2) is 12.3 Å². The van der Waals surface area contributed by atoms with Crippen LogP contribution in [0.5, 0.6) is 0 Å². The molecule has 0 fully saturated rings. The van der Waals surface area contributed by atoms with Crippen molar-refractivity contribution in [1.29, 1.82) is 0 Å². The summed E-state index contributed by atoms with van der Waals surface area (Å²) >= 11 is 2.14. The highest BCUT2D eigenvalue weighted by molar-refractivity contribution is 14.2. The van der Waals surface area contributed by atoms with Crippen molar-refractivity contribution in [1.82, 2.24) is 9.78 Å².